The zero-order valence-electron chi connectivity index (χ0n) is 21.6. The van der Waals surface area contributed by atoms with E-state index in [2.05, 4.69) is 20.9 Å². The van der Waals surface area contributed by atoms with Gasteiger partial charge in [-0.05, 0) is 72.4 Å². The van der Waals surface area contributed by atoms with E-state index in [4.69, 9.17) is 15.9 Å². The van der Waals surface area contributed by atoms with Crippen molar-refractivity contribution < 1.29 is 18.6 Å². The largest absolute Gasteiger partial charge is 0.454 e. The summed E-state index contributed by atoms with van der Waals surface area (Å²) in [6.45, 7) is 0. The molecule has 0 saturated heterocycles. The normalized spacial score (nSPS) is 12.6. The first-order chi connectivity index (χ1) is 19.4. The van der Waals surface area contributed by atoms with E-state index >= 15 is 4.39 Å². The summed E-state index contributed by atoms with van der Waals surface area (Å²) in [4.78, 5) is 3.06. The molecule has 3 aromatic carbocycles. The lowest BCUT2D eigenvalue weighted by molar-refractivity contribution is 0.175. The Hall–Kier alpha value is -2.79. The summed E-state index contributed by atoms with van der Waals surface area (Å²) in [5.41, 5.74) is 8.38. The number of benzene rings is 3. The molecule has 1 heterocycles. The Morgan fingerprint density at radius 3 is 2.62 bits per heavy atom. The van der Waals surface area contributed by atoms with Gasteiger partial charge in [0, 0.05) is 62.2 Å². The molecule has 0 fully saturated rings. The number of aliphatic hydroxyl groups excluding tert-OH is 1. The number of aromatic amines is 1. The van der Waals surface area contributed by atoms with Gasteiger partial charge >= 0.3 is 0 Å². The van der Waals surface area contributed by atoms with Gasteiger partial charge in [-0.1, -0.05) is 28.1 Å². The second-order valence-corrected chi connectivity index (χ2v) is 12.3. The molecule has 0 bridgehead atoms. The van der Waals surface area contributed by atoms with Gasteiger partial charge in [-0.3, -0.25) is 0 Å². The van der Waals surface area contributed by atoms with Gasteiger partial charge in [0.1, 0.15) is 11.6 Å². The number of rotatable bonds is 14. The van der Waals surface area contributed by atoms with Crippen LogP contribution in [0.5, 0.6) is 11.5 Å². The van der Waals surface area contributed by atoms with Crippen molar-refractivity contribution in [2.75, 3.05) is 23.0 Å². The van der Waals surface area contributed by atoms with Gasteiger partial charge in [0.2, 0.25) is 0 Å². The number of H-pyrrole nitrogens is 1. The number of aliphatic hydroxyl groups is 1. The van der Waals surface area contributed by atoms with Crippen molar-refractivity contribution in [1.82, 2.24) is 4.98 Å². The second kappa shape index (κ2) is 14.7. The third kappa shape index (κ3) is 7.90. The smallest absolute Gasteiger partial charge is 0.168 e. The zero-order chi connectivity index (χ0) is 28.5. The van der Waals surface area contributed by atoms with Crippen LogP contribution in [-0.4, -0.2) is 39.3 Å². The number of thioether (sulfide) groups is 2. The number of hydrogen-bond donors (Lipinski definition) is 4. The molecule has 5 nitrogen and oxygen atoms in total. The number of nitrogens with one attached hydrogen (secondary N) is 2. The Kier molecular flexibility index (Phi) is 11.1. The molecule has 1 aromatic heterocycles. The van der Waals surface area contributed by atoms with E-state index in [9.17, 15) is 9.50 Å². The maximum atomic E-state index is 15.2. The summed E-state index contributed by atoms with van der Waals surface area (Å²) >= 11 is 7.02. The molecule has 0 amide bonds. The van der Waals surface area contributed by atoms with Gasteiger partial charge in [0.05, 0.1) is 6.10 Å². The molecule has 1 atom stereocenters. The predicted octanol–water partition coefficient (Wildman–Crippen LogP) is 8.08. The van der Waals surface area contributed by atoms with Crippen LogP contribution in [0.15, 0.2) is 71.3 Å². The molecule has 0 spiro atoms. The minimum atomic E-state index is -0.554. The number of aromatic nitrogens is 1. The van der Waals surface area contributed by atoms with Crippen molar-refractivity contribution in [1.29, 1.82) is 5.41 Å². The highest BCUT2D eigenvalue weighted by molar-refractivity contribution is 9.10. The van der Waals surface area contributed by atoms with Crippen molar-refractivity contribution in [2.24, 2.45) is 5.73 Å². The van der Waals surface area contributed by atoms with Gasteiger partial charge in [-0.25, -0.2) is 8.78 Å². The van der Waals surface area contributed by atoms with Crippen molar-refractivity contribution in [2.45, 2.75) is 18.9 Å². The summed E-state index contributed by atoms with van der Waals surface area (Å²) in [5, 5.41) is 18.5. The average molecular weight is 647 g/mol. The molecule has 0 aliphatic heterocycles. The van der Waals surface area contributed by atoms with Crippen LogP contribution < -0.4 is 10.5 Å². The molecule has 0 saturated carbocycles. The fraction of sp³-hybridized carbons (Fsp3) is 0.233. The molecule has 10 heteroatoms. The first kappa shape index (κ1) is 30.2. The Bertz CT molecular complexity index is 1500. The summed E-state index contributed by atoms with van der Waals surface area (Å²) in [6.07, 6.45) is 4.82. The number of nitrogens with two attached hydrogens (primary N) is 1. The van der Waals surface area contributed by atoms with Crippen LogP contribution in [0.25, 0.3) is 16.6 Å². The molecule has 5 N–H and O–H groups in total. The summed E-state index contributed by atoms with van der Waals surface area (Å²) in [5.74, 6) is 2.80. The minimum Gasteiger partial charge on any atom is -0.454 e. The van der Waals surface area contributed by atoms with E-state index < -0.39 is 17.7 Å². The van der Waals surface area contributed by atoms with Gasteiger partial charge in [-0.2, -0.15) is 23.5 Å². The van der Waals surface area contributed by atoms with Crippen LogP contribution in [0.3, 0.4) is 0 Å². The molecule has 40 heavy (non-hydrogen) atoms. The fourth-order valence-electron chi connectivity index (χ4n) is 4.24. The molecule has 0 radical (unpaired) electrons. The lowest BCUT2D eigenvalue weighted by Crippen LogP contribution is -2.02. The van der Waals surface area contributed by atoms with Gasteiger partial charge in [0.25, 0.3) is 0 Å². The van der Waals surface area contributed by atoms with Gasteiger partial charge in [0.15, 0.2) is 11.6 Å². The number of ether oxygens (including phenoxy) is 1. The van der Waals surface area contributed by atoms with E-state index in [1.54, 1.807) is 29.7 Å². The molecule has 1 unspecified atom stereocenters. The highest BCUT2D eigenvalue weighted by atomic mass is 79.9. The first-order valence-electron chi connectivity index (χ1n) is 12.7. The van der Waals surface area contributed by atoms with Crippen molar-refractivity contribution in [3.63, 3.8) is 0 Å². The van der Waals surface area contributed by atoms with E-state index in [1.807, 2.05) is 30.3 Å². The molecule has 0 aliphatic carbocycles. The Balaban J connectivity index is 1.34. The van der Waals surface area contributed by atoms with E-state index in [-0.39, 0.29) is 22.8 Å². The van der Waals surface area contributed by atoms with Crippen LogP contribution >= 0.6 is 39.5 Å². The molecule has 210 valence electrons. The third-order valence-electron chi connectivity index (χ3n) is 6.24. The molecule has 4 rings (SSSR count). The van der Waals surface area contributed by atoms with Gasteiger partial charge in [-0.15, -0.1) is 0 Å². The number of aryl methyl sites for hydroxylation is 1. The molecule has 4 aromatic rings. The summed E-state index contributed by atoms with van der Waals surface area (Å²) < 4.78 is 36.5. The minimum absolute atomic E-state index is 0.0802. The van der Waals surface area contributed by atoms with E-state index in [1.165, 1.54) is 30.3 Å². The Labute approximate surface area is 249 Å². The predicted molar refractivity (Wildman–Crippen MR) is 168 cm³/mol. The topological polar surface area (TPSA) is 95.1 Å². The van der Waals surface area contributed by atoms with Crippen LogP contribution in [0.1, 0.15) is 29.2 Å². The van der Waals surface area contributed by atoms with Crippen LogP contribution in [-0.2, 0) is 6.42 Å². The highest BCUT2D eigenvalue weighted by Crippen LogP contribution is 2.36. The second-order valence-electron chi connectivity index (χ2n) is 8.97. The SMILES string of the molecule is N=C/C=C(\N)c1cc(Oc2c(F)cc3[nH]ccc3c2CCSCCSCCC(O)c2cccc(Br)c2)ccc1F. The highest BCUT2D eigenvalue weighted by Gasteiger charge is 2.18. The van der Waals surface area contributed by atoms with Crippen LogP contribution in [0.2, 0.25) is 0 Å². The van der Waals surface area contributed by atoms with Crippen molar-refractivity contribution >= 4 is 62.3 Å². The standard InChI is InChI=1S/C30H30BrF2N3O2S2/c31-20-3-1-2-19(16-20)29(37)9-13-40-15-14-39-12-8-23-22-7-11-36-28(22)18-26(33)30(23)38-21-4-5-25(32)24(17-21)27(35)6-10-34/h1-7,10-11,16-18,29,34,36-37H,8-9,12-15,35H2/b27-6-,34-10?. The monoisotopic (exact) mass is 645 g/mol. The number of halogens is 3. The molecular formula is C30H30BrF2N3O2S2. The first-order valence-corrected chi connectivity index (χ1v) is 15.8. The maximum Gasteiger partial charge on any atom is 0.168 e. The van der Waals surface area contributed by atoms with E-state index in [0.717, 1.165) is 50.2 Å². The van der Waals surface area contributed by atoms with Gasteiger partial charge < -0.3 is 26.0 Å². The van der Waals surface area contributed by atoms with Crippen molar-refractivity contribution in [3.8, 4) is 11.5 Å². The third-order valence-corrected chi connectivity index (χ3v) is 8.99. The van der Waals surface area contributed by atoms with Crippen LogP contribution in [0.4, 0.5) is 8.78 Å². The molecular weight excluding hydrogens is 616 g/mol. The van der Waals surface area contributed by atoms with E-state index in [0.29, 0.717) is 18.4 Å². The quantitative estimate of drug-likeness (QED) is 0.0821. The number of fused-ring (bicyclic) bond motifs is 1. The van der Waals surface area contributed by atoms with Crippen LogP contribution in [0, 0.1) is 17.0 Å². The maximum absolute atomic E-state index is 15.2. The lowest BCUT2D eigenvalue weighted by Gasteiger charge is -2.15. The Morgan fingerprint density at radius 1 is 1.05 bits per heavy atom. The van der Waals surface area contributed by atoms with Crippen molar-refractivity contribution in [3.05, 3.63) is 99.7 Å². The lowest BCUT2D eigenvalue weighted by atomic mass is 10.1. The Morgan fingerprint density at radius 2 is 1.85 bits per heavy atom. The zero-order valence-corrected chi connectivity index (χ0v) is 24.9. The summed E-state index contributed by atoms with van der Waals surface area (Å²) in [7, 11) is 0. The summed E-state index contributed by atoms with van der Waals surface area (Å²) in [6, 6.07) is 15.1. The average Bonchev–Trinajstić information content (AvgIpc) is 3.40. The fourth-order valence-corrected chi connectivity index (χ4v) is 6.75. The number of allylic oxidation sites excluding steroid dienone is 1. The molecule has 0 aliphatic rings. The number of hydrogen-bond acceptors (Lipinski definition) is 6.